The van der Waals surface area contributed by atoms with Crippen LogP contribution in [-0.4, -0.2) is 58.4 Å². The molecule has 0 bridgehead atoms. The van der Waals surface area contributed by atoms with Gasteiger partial charge in [0.05, 0.1) is 40.3 Å². The molecule has 2 nitrogen and oxygen atoms in total. The highest BCUT2D eigenvalue weighted by molar-refractivity contribution is 6.16. The number of hydrogen-bond acceptors (Lipinski definition) is 0. The summed E-state index contributed by atoms with van der Waals surface area (Å²) < 4.78 is 2.66. The van der Waals surface area contributed by atoms with Gasteiger partial charge in [-0.05, 0) is 27.7 Å². The van der Waals surface area contributed by atoms with Crippen LogP contribution in [0.3, 0.4) is 0 Å². The average Bonchev–Trinajstić information content (AvgIpc) is 2.17. The molecule has 0 saturated carbocycles. The highest BCUT2D eigenvalue weighted by Gasteiger charge is 2.31. The van der Waals surface area contributed by atoms with Crippen molar-refractivity contribution in [2.24, 2.45) is 0 Å². The first-order valence-electron chi connectivity index (χ1n) is 5.62. The molecule has 80 valence electrons. The van der Waals surface area contributed by atoms with Gasteiger partial charge in [-0.2, -0.15) is 0 Å². The van der Waals surface area contributed by atoms with Crippen LogP contribution < -0.4 is 0 Å². The summed E-state index contributed by atoms with van der Waals surface area (Å²) in [4.78, 5) is 0. The monoisotopic (exact) mass is 204 g/mol. The van der Waals surface area contributed by atoms with Crippen LogP contribution in [0.15, 0.2) is 0 Å². The van der Waals surface area contributed by atoms with Gasteiger partial charge in [0.15, 0.2) is 0 Å². The lowest BCUT2D eigenvalue weighted by molar-refractivity contribution is -0.906. The van der Waals surface area contributed by atoms with Gasteiger partial charge in [-0.1, -0.05) is 0 Å². The van der Waals surface area contributed by atoms with Gasteiger partial charge >= 0.3 is 9.84 Å². The quantitative estimate of drug-likeness (QED) is 0.565. The van der Waals surface area contributed by atoms with Crippen molar-refractivity contribution in [3.05, 3.63) is 0 Å². The zero-order valence-electron chi connectivity index (χ0n) is 10.4. The first kappa shape index (κ1) is 13.1. The number of hydrogen-bond donors (Lipinski definition) is 0. The Morgan fingerprint density at radius 2 is 0.923 bits per heavy atom. The predicted octanol–water partition coefficient (Wildman–Crippen LogP) is 0.958. The van der Waals surface area contributed by atoms with Crippen LogP contribution in [0.2, 0.25) is 0 Å². The Morgan fingerprint density at radius 3 is 1.08 bits per heavy atom. The second-order valence-corrected chi connectivity index (χ2v) is 7.98. The van der Waals surface area contributed by atoms with Crippen molar-refractivity contribution in [1.29, 1.82) is 0 Å². The molecule has 3 heteroatoms. The molecule has 0 unspecified atom stereocenters. The van der Waals surface area contributed by atoms with Crippen molar-refractivity contribution in [2.45, 2.75) is 27.7 Å². The second-order valence-electron chi connectivity index (χ2n) is 4.65. The van der Waals surface area contributed by atoms with E-state index in [1.807, 2.05) is 0 Å². The molecule has 0 aliphatic rings. The van der Waals surface area contributed by atoms with Gasteiger partial charge in [0, 0.05) is 0 Å². The molecule has 0 atom stereocenters. The Labute approximate surface area is 86.7 Å². The van der Waals surface area contributed by atoms with E-state index in [-0.39, 0.29) is 9.84 Å². The van der Waals surface area contributed by atoms with E-state index < -0.39 is 0 Å². The maximum Gasteiger partial charge on any atom is 0.493 e. The minimum absolute atomic E-state index is 0.0787. The zero-order valence-corrected chi connectivity index (χ0v) is 11.8. The normalized spacial score (nSPS) is 13.4. The van der Waals surface area contributed by atoms with Gasteiger partial charge in [0.25, 0.3) is 0 Å². The molecule has 0 rings (SSSR count). The lowest BCUT2D eigenvalue weighted by Gasteiger charge is -2.41. The van der Waals surface area contributed by atoms with E-state index in [4.69, 9.17) is 0 Å². The van der Waals surface area contributed by atoms with Gasteiger partial charge in [0.1, 0.15) is 0 Å². The van der Waals surface area contributed by atoms with Crippen LogP contribution in [0.25, 0.3) is 0 Å². The molecule has 0 saturated heterocycles. The molecule has 0 spiro atoms. The van der Waals surface area contributed by atoms with E-state index in [1.165, 1.54) is 34.5 Å². The van der Waals surface area contributed by atoms with E-state index in [9.17, 15) is 0 Å². The van der Waals surface area contributed by atoms with Gasteiger partial charge in [-0.3, -0.25) is 0 Å². The first-order chi connectivity index (χ1) is 5.95. The van der Waals surface area contributed by atoms with Gasteiger partial charge in [0.2, 0.25) is 0 Å². The van der Waals surface area contributed by atoms with Crippen LogP contribution in [0, 0.1) is 0 Å². The molecule has 0 N–H and O–H groups in total. The first-order valence-corrected chi connectivity index (χ1v) is 6.89. The molecule has 0 aromatic carbocycles. The van der Waals surface area contributed by atoms with Crippen molar-refractivity contribution >= 4 is 9.84 Å². The number of quaternary nitrogens is 2. The largest absolute Gasteiger partial charge is 0.493 e. The lowest BCUT2D eigenvalue weighted by Crippen LogP contribution is -2.62. The van der Waals surface area contributed by atoms with Gasteiger partial charge in [-0.15, -0.1) is 0 Å². The highest BCUT2D eigenvalue weighted by atomic mass is 28.2. The molecule has 0 amide bonds. The molecular weight excluding hydrogens is 176 g/mol. The van der Waals surface area contributed by atoms with Crippen LogP contribution in [-0.2, 0) is 0 Å². The molecule has 0 aromatic rings. The van der Waals surface area contributed by atoms with Gasteiger partial charge < -0.3 is 8.30 Å². The minimum atomic E-state index is -0.0787. The molecular formula is C10H28N2Si+2. The number of rotatable bonds is 6. The van der Waals surface area contributed by atoms with E-state index in [0.717, 1.165) is 0 Å². The molecule has 0 heterocycles. The van der Waals surface area contributed by atoms with Crippen molar-refractivity contribution in [3.8, 4) is 0 Å². The van der Waals surface area contributed by atoms with Crippen molar-refractivity contribution < 1.29 is 8.30 Å². The summed E-state index contributed by atoms with van der Waals surface area (Å²) in [7, 11) is 4.77. The minimum Gasteiger partial charge on any atom is -0.343 e. The van der Waals surface area contributed by atoms with Crippen LogP contribution in [0.1, 0.15) is 27.7 Å². The summed E-state index contributed by atoms with van der Waals surface area (Å²) in [6, 6.07) is 0. The van der Waals surface area contributed by atoms with E-state index >= 15 is 0 Å². The maximum absolute atomic E-state index is 2.42. The summed E-state index contributed by atoms with van der Waals surface area (Å²) in [5, 5.41) is 0. The zero-order chi connectivity index (χ0) is 10.5. The third kappa shape index (κ3) is 3.79. The molecule has 0 radical (unpaired) electrons. The maximum atomic E-state index is 2.42. The summed E-state index contributed by atoms with van der Waals surface area (Å²) in [5.41, 5.74) is 0. The van der Waals surface area contributed by atoms with Crippen LogP contribution >= 0.6 is 0 Å². The van der Waals surface area contributed by atoms with E-state index in [1.54, 1.807) is 0 Å². The summed E-state index contributed by atoms with van der Waals surface area (Å²) in [6.07, 6.45) is 0. The topological polar surface area (TPSA) is 0 Å². The fourth-order valence-corrected chi connectivity index (χ4v) is 4.12. The molecule has 0 fully saturated rings. The Balaban J connectivity index is 4.36. The third-order valence-corrected chi connectivity index (χ3v) is 6.89. The molecule has 0 aliphatic heterocycles. The Kier molecular flexibility index (Phi) is 5.18. The molecule has 0 aliphatic carbocycles. The Bertz CT molecular complexity index is 124. The van der Waals surface area contributed by atoms with Crippen LogP contribution in [0.5, 0.6) is 0 Å². The number of nitrogens with zero attached hydrogens (tertiary/aromatic N) is 2. The molecule has 13 heavy (non-hydrogen) atoms. The van der Waals surface area contributed by atoms with Crippen molar-refractivity contribution in [3.63, 3.8) is 0 Å². The average molecular weight is 204 g/mol. The van der Waals surface area contributed by atoms with E-state index in [2.05, 4.69) is 41.8 Å². The van der Waals surface area contributed by atoms with Crippen molar-refractivity contribution in [1.82, 2.24) is 0 Å². The molecule has 0 aromatic heterocycles. The highest BCUT2D eigenvalue weighted by Crippen LogP contribution is 2.07. The Morgan fingerprint density at radius 1 is 0.692 bits per heavy atom. The fourth-order valence-electron chi connectivity index (χ4n) is 1.67. The summed E-state index contributed by atoms with van der Waals surface area (Å²) in [5.74, 6) is 0. The van der Waals surface area contributed by atoms with E-state index in [0.29, 0.717) is 0 Å². The Hall–Kier alpha value is 0.137. The SMILES string of the molecule is CC[N+](C)(CC)[SiH2][N+](C)(CC)CC. The third-order valence-electron chi connectivity index (χ3n) is 3.74. The standard InChI is InChI=1S/C10H28N2Si/c1-7-11(5,8-2)13-12(6,9-3)10-4/h7-10,13H2,1-6H3/q+2. The van der Waals surface area contributed by atoms with Crippen molar-refractivity contribution in [2.75, 3.05) is 40.3 Å². The fraction of sp³-hybridized carbons (Fsp3) is 1.00. The summed E-state index contributed by atoms with van der Waals surface area (Å²) in [6.45, 7) is 14.5. The second kappa shape index (κ2) is 5.13. The van der Waals surface area contributed by atoms with Crippen LogP contribution in [0.4, 0.5) is 0 Å². The lowest BCUT2D eigenvalue weighted by atomic mass is 10.6. The predicted molar refractivity (Wildman–Crippen MR) is 63.1 cm³/mol. The van der Waals surface area contributed by atoms with Gasteiger partial charge in [-0.25, -0.2) is 0 Å². The summed E-state index contributed by atoms with van der Waals surface area (Å²) >= 11 is 0. The smallest absolute Gasteiger partial charge is 0.343 e.